The molecule has 0 radical (unpaired) electrons. The fraction of sp³-hybridized carbons (Fsp3) is 0.432. The molecule has 2 aliphatic heterocycles. The van der Waals surface area contributed by atoms with Gasteiger partial charge in [-0.25, -0.2) is 15.0 Å². The average molecular weight is 714 g/mol. The molecule has 50 heavy (non-hydrogen) atoms. The number of halogens is 1. The number of carbonyl (C=O) groups is 2. The smallest absolute Gasteiger partial charge is 0.306 e. The zero-order chi connectivity index (χ0) is 34.2. The number of hydrogen-bond donors (Lipinski definition) is 4. The molecule has 0 spiro atoms. The van der Waals surface area contributed by atoms with Gasteiger partial charge in [-0.2, -0.15) is 0 Å². The van der Waals surface area contributed by atoms with Crippen LogP contribution in [0.25, 0.3) is 32.4 Å². The molecule has 1 amide bonds. The van der Waals surface area contributed by atoms with Crippen molar-refractivity contribution in [2.45, 2.75) is 75.9 Å². The number of carboxylic acid groups (broad SMARTS) is 1. The highest BCUT2D eigenvalue weighted by molar-refractivity contribution is 7.18. The van der Waals surface area contributed by atoms with Crippen LogP contribution in [0.5, 0.6) is 0 Å². The minimum Gasteiger partial charge on any atom is -0.481 e. The van der Waals surface area contributed by atoms with E-state index in [1.165, 1.54) is 0 Å². The number of benzene rings is 2. The normalized spacial score (nSPS) is 21.9. The number of oxazole rings is 1. The Kier molecular flexibility index (Phi) is 9.43. The number of hydrogen-bond acceptors (Lipinski definition) is 10. The van der Waals surface area contributed by atoms with Gasteiger partial charge in [0, 0.05) is 49.3 Å². The SMILES string of the molecule is O=C1CC[C@@H](CN2CCC(c3nc4cc(-c5cccc(Nc6nccc7sc(CN[C@H]8CC[C@H](C(=O)O)CC8)nc67)c5Cl)ccc4o3)CC2)N1. The lowest BCUT2D eigenvalue weighted by atomic mass is 9.86. The molecule has 1 saturated carbocycles. The Hall–Kier alpha value is -4.10. The molecule has 5 aromatic rings. The van der Waals surface area contributed by atoms with Crippen LogP contribution in [0.3, 0.4) is 0 Å². The molecule has 5 heterocycles. The van der Waals surface area contributed by atoms with Gasteiger partial charge in [0.1, 0.15) is 16.0 Å². The first-order chi connectivity index (χ1) is 24.4. The maximum absolute atomic E-state index is 11.6. The molecule has 260 valence electrons. The van der Waals surface area contributed by atoms with E-state index in [1.54, 1.807) is 17.5 Å². The zero-order valence-corrected chi connectivity index (χ0v) is 29.2. The number of likely N-dealkylation sites (tertiary alicyclic amines) is 1. The molecule has 0 bridgehead atoms. The van der Waals surface area contributed by atoms with Crippen LogP contribution in [0.1, 0.15) is 68.2 Å². The average Bonchev–Trinajstić information content (AvgIpc) is 3.87. The summed E-state index contributed by atoms with van der Waals surface area (Å²) in [6, 6.07) is 14.5. The van der Waals surface area contributed by atoms with Crippen LogP contribution in [0.4, 0.5) is 11.5 Å². The highest BCUT2D eigenvalue weighted by atomic mass is 35.5. The molecular weight excluding hydrogens is 674 g/mol. The predicted octanol–water partition coefficient (Wildman–Crippen LogP) is 7.09. The first-order valence-corrected chi connectivity index (χ1v) is 18.7. The number of amides is 1. The third-order valence-corrected chi connectivity index (χ3v) is 11.9. The Morgan fingerprint density at radius 3 is 2.68 bits per heavy atom. The van der Waals surface area contributed by atoms with Gasteiger partial charge in [-0.15, -0.1) is 11.3 Å². The minimum atomic E-state index is -0.686. The lowest BCUT2D eigenvalue weighted by molar-refractivity contribution is -0.142. The second kappa shape index (κ2) is 14.3. The van der Waals surface area contributed by atoms with E-state index in [0.717, 1.165) is 101 Å². The zero-order valence-electron chi connectivity index (χ0n) is 27.7. The molecule has 8 rings (SSSR count). The number of pyridine rings is 1. The van der Waals surface area contributed by atoms with Gasteiger partial charge < -0.3 is 30.4 Å². The number of fused-ring (bicyclic) bond motifs is 2. The largest absolute Gasteiger partial charge is 0.481 e. The summed E-state index contributed by atoms with van der Waals surface area (Å²) >= 11 is 8.68. The molecule has 3 aliphatic rings. The Morgan fingerprint density at radius 2 is 1.90 bits per heavy atom. The van der Waals surface area contributed by atoms with Crippen LogP contribution in [-0.4, -0.2) is 68.6 Å². The number of aromatic nitrogens is 3. The summed E-state index contributed by atoms with van der Waals surface area (Å²) in [5, 5.41) is 20.9. The number of rotatable bonds is 10. The maximum atomic E-state index is 11.6. The van der Waals surface area contributed by atoms with Crippen LogP contribution >= 0.6 is 22.9 Å². The molecule has 2 aromatic carbocycles. The van der Waals surface area contributed by atoms with E-state index in [0.29, 0.717) is 42.7 Å². The van der Waals surface area contributed by atoms with Crippen LogP contribution in [0.15, 0.2) is 53.1 Å². The third-order valence-electron chi connectivity index (χ3n) is 10.4. The standard InChI is InChI=1S/C37H40ClN7O4S/c38-33-26(23-6-10-29-28(18-23)43-36(49-29)21-13-16-45(17-14-21)20-25-9-11-31(46)41-25)2-1-3-27(33)42-35-34-30(12-15-39-35)50-32(44-34)19-40-24-7-4-22(5-8-24)37(47)48/h1-3,6,10,12,15,18,21-22,24-25,40H,4-5,7-9,11,13-14,16-17,19-20H2,(H,39,42)(H,41,46)(H,47,48)/t22-,24-,25-/m0/s1. The molecule has 3 aromatic heterocycles. The van der Waals surface area contributed by atoms with E-state index in [2.05, 4.69) is 25.8 Å². The summed E-state index contributed by atoms with van der Waals surface area (Å²) in [6.07, 6.45) is 8.44. The fourth-order valence-corrected chi connectivity index (χ4v) is 8.80. The van der Waals surface area contributed by atoms with Gasteiger partial charge in [0.2, 0.25) is 5.91 Å². The van der Waals surface area contributed by atoms with E-state index < -0.39 is 5.97 Å². The van der Waals surface area contributed by atoms with E-state index in [9.17, 15) is 14.7 Å². The second-order valence-corrected chi connectivity index (χ2v) is 15.3. The minimum absolute atomic E-state index is 0.166. The van der Waals surface area contributed by atoms with Gasteiger partial charge in [0.25, 0.3) is 0 Å². The lowest BCUT2D eigenvalue weighted by Crippen LogP contribution is -2.42. The van der Waals surface area contributed by atoms with Gasteiger partial charge in [-0.05, 0) is 87.9 Å². The highest BCUT2D eigenvalue weighted by Gasteiger charge is 2.29. The van der Waals surface area contributed by atoms with Crippen LogP contribution in [0, 0.1) is 5.92 Å². The number of thiazole rings is 1. The summed E-state index contributed by atoms with van der Waals surface area (Å²) in [5.41, 5.74) is 4.93. The molecule has 2 saturated heterocycles. The van der Waals surface area contributed by atoms with Gasteiger partial charge in [-0.3, -0.25) is 9.59 Å². The van der Waals surface area contributed by atoms with Crippen molar-refractivity contribution >= 4 is 67.6 Å². The van der Waals surface area contributed by atoms with Gasteiger partial charge >= 0.3 is 5.97 Å². The van der Waals surface area contributed by atoms with Crippen molar-refractivity contribution < 1.29 is 19.1 Å². The molecule has 4 N–H and O–H groups in total. The number of piperidine rings is 1. The van der Waals surface area contributed by atoms with Crippen molar-refractivity contribution in [3.05, 3.63) is 64.6 Å². The highest BCUT2D eigenvalue weighted by Crippen LogP contribution is 2.38. The summed E-state index contributed by atoms with van der Waals surface area (Å²) in [5.74, 6) is 0.955. The number of carboxylic acids is 1. The van der Waals surface area contributed by atoms with Crippen LogP contribution in [0.2, 0.25) is 5.02 Å². The maximum Gasteiger partial charge on any atom is 0.306 e. The number of carbonyl (C=O) groups excluding carboxylic acids is 1. The Balaban J connectivity index is 0.936. The monoisotopic (exact) mass is 713 g/mol. The van der Waals surface area contributed by atoms with E-state index in [1.807, 2.05) is 42.5 Å². The van der Waals surface area contributed by atoms with Gasteiger partial charge in [-0.1, -0.05) is 29.8 Å². The summed E-state index contributed by atoms with van der Waals surface area (Å²) in [6.45, 7) is 3.48. The molecule has 11 nitrogen and oxygen atoms in total. The van der Waals surface area contributed by atoms with Crippen molar-refractivity contribution in [2.75, 3.05) is 25.0 Å². The Labute approximate surface area is 298 Å². The fourth-order valence-electron chi connectivity index (χ4n) is 7.60. The van der Waals surface area contributed by atoms with Crippen molar-refractivity contribution in [3.8, 4) is 11.1 Å². The quantitative estimate of drug-likeness (QED) is 0.118. The van der Waals surface area contributed by atoms with Crippen molar-refractivity contribution in [1.29, 1.82) is 0 Å². The predicted molar refractivity (Wildman–Crippen MR) is 195 cm³/mol. The number of aliphatic carboxylic acids is 1. The second-order valence-electron chi connectivity index (χ2n) is 13.8. The molecule has 1 aliphatic carbocycles. The van der Waals surface area contributed by atoms with Gasteiger partial charge in [0.15, 0.2) is 17.3 Å². The number of nitrogens with one attached hydrogen (secondary N) is 3. The van der Waals surface area contributed by atoms with E-state index in [-0.39, 0.29) is 23.8 Å². The van der Waals surface area contributed by atoms with Crippen molar-refractivity contribution in [3.63, 3.8) is 0 Å². The first kappa shape index (κ1) is 33.1. The topological polar surface area (TPSA) is 146 Å². The lowest BCUT2D eigenvalue weighted by Gasteiger charge is -2.32. The molecular formula is C37H40ClN7O4S. The molecule has 3 fully saturated rings. The van der Waals surface area contributed by atoms with E-state index >= 15 is 0 Å². The van der Waals surface area contributed by atoms with Crippen molar-refractivity contribution in [1.82, 2.24) is 30.5 Å². The van der Waals surface area contributed by atoms with Crippen LogP contribution in [-0.2, 0) is 16.1 Å². The summed E-state index contributed by atoms with van der Waals surface area (Å²) in [4.78, 5) is 39.8. The van der Waals surface area contributed by atoms with Crippen LogP contribution < -0.4 is 16.0 Å². The molecule has 1 atom stereocenters. The summed E-state index contributed by atoms with van der Waals surface area (Å²) in [7, 11) is 0. The van der Waals surface area contributed by atoms with Crippen molar-refractivity contribution in [2.24, 2.45) is 5.92 Å². The summed E-state index contributed by atoms with van der Waals surface area (Å²) < 4.78 is 7.28. The van der Waals surface area contributed by atoms with Gasteiger partial charge in [0.05, 0.1) is 21.3 Å². The number of nitrogens with zero attached hydrogens (tertiary/aromatic N) is 4. The third kappa shape index (κ3) is 7.07. The van der Waals surface area contributed by atoms with E-state index in [4.69, 9.17) is 26.0 Å². The Bertz CT molecular complexity index is 2030. The Morgan fingerprint density at radius 1 is 1.06 bits per heavy atom. The molecule has 0 unspecified atom stereocenters. The number of anilines is 2. The first-order valence-electron chi connectivity index (χ1n) is 17.5. The molecule has 13 heteroatoms.